The van der Waals surface area contributed by atoms with Gasteiger partial charge in [0.05, 0.1) is 25.9 Å². The highest BCUT2D eigenvalue weighted by atomic mass is 16.6. The highest BCUT2D eigenvalue weighted by Gasteiger charge is 2.20. The molecule has 1 aliphatic heterocycles. The van der Waals surface area contributed by atoms with Crippen molar-refractivity contribution >= 4 is 0 Å². The first-order valence-electron chi connectivity index (χ1n) is 5.69. The van der Waals surface area contributed by atoms with Gasteiger partial charge in [-0.15, -0.1) is 0 Å². The van der Waals surface area contributed by atoms with E-state index in [2.05, 4.69) is 32.0 Å². The average Bonchev–Trinajstić information content (AvgIpc) is 2.14. The second-order valence-corrected chi connectivity index (χ2v) is 4.46. The van der Waals surface area contributed by atoms with Crippen molar-refractivity contribution in [2.45, 2.75) is 26.0 Å². The molecule has 3 heteroatoms. The molecule has 1 aliphatic rings. The van der Waals surface area contributed by atoms with Crippen LogP contribution in [0.15, 0.2) is 18.2 Å². The number of rotatable bonds is 4. The molecular formula is C13H19NO2. The summed E-state index contributed by atoms with van der Waals surface area (Å²) in [5.74, 6) is 0. The normalized spacial score (nSPS) is 18.2. The van der Waals surface area contributed by atoms with Crippen molar-refractivity contribution in [3.63, 3.8) is 0 Å². The quantitative estimate of drug-likeness (QED) is 0.842. The molecule has 0 spiro atoms. The van der Waals surface area contributed by atoms with E-state index in [9.17, 15) is 0 Å². The van der Waals surface area contributed by atoms with E-state index >= 15 is 0 Å². The molecule has 1 saturated heterocycles. The lowest BCUT2D eigenvalue weighted by atomic mass is 10.0. The van der Waals surface area contributed by atoms with E-state index in [1.54, 1.807) is 0 Å². The first-order chi connectivity index (χ1) is 7.66. The fraction of sp³-hybridized carbons (Fsp3) is 0.538. The Balaban J connectivity index is 1.93. The SMILES string of the molecule is Cc1ccc(C(N)COC2COC2)c(C)c1. The maximum Gasteiger partial charge on any atom is 0.104 e. The molecule has 0 radical (unpaired) electrons. The first-order valence-corrected chi connectivity index (χ1v) is 5.69. The molecular weight excluding hydrogens is 202 g/mol. The molecule has 1 fully saturated rings. The van der Waals surface area contributed by atoms with Crippen molar-refractivity contribution in [1.29, 1.82) is 0 Å². The fourth-order valence-electron chi connectivity index (χ4n) is 1.88. The van der Waals surface area contributed by atoms with Crippen LogP contribution in [0.4, 0.5) is 0 Å². The molecule has 1 aromatic rings. The lowest BCUT2D eigenvalue weighted by Gasteiger charge is -2.27. The molecule has 88 valence electrons. The van der Waals surface area contributed by atoms with Crippen LogP contribution >= 0.6 is 0 Å². The van der Waals surface area contributed by atoms with E-state index < -0.39 is 0 Å². The highest BCUT2D eigenvalue weighted by Crippen LogP contribution is 2.18. The second kappa shape index (κ2) is 4.95. The maximum absolute atomic E-state index is 6.11. The second-order valence-electron chi connectivity index (χ2n) is 4.46. The minimum atomic E-state index is -0.0406. The summed E-state index contributed by atoms with van der Waals surface area (Å²) in [6, 6.07) is 6.30. The number of hydrogen-bond donors (Lipinski definition) is 1. The Hall–Kier alpha value is -0.900. The molecule has 2 N–H and O–H groups in total. The summed E-state index contributed by atoms with van der Waals surface area (Å²) < 4.78 is 10.7. The third-order valence-corrected chi connectivity index (χ3v) is 2.94. The molecule has 0 amide bonds. The number of ether oxygens (including phenoxy) is 2. The van der Waals surface area contributed by atoms with Crippen LogP contribution in [-0.4, -0.2) is 25.9 Å². The lowest BCUT2D eigenvalue weighted by molar-refractivity contribution is -0.131. The van der Waals surface area contributed by atoms with Crippen LogP contribution in [0.1, 0.15) is 22.7 Å². The molecule has 0 aliphatic carbocycles. The summed E-state index contributed by atoms with van der Waals surface area (Å²) in [6.07, 6.45) is 0.247. The zero-order valence-electron chi connectivity index (χ0n) is 9.90. The van der Waals surface area contributed by atoms with Gasteiger partial charge in [0.1, 0.15) is 6.10 Å². The van der Waals surface area contributed by atoms with Gasteiger partial charge in [0.15, 0.2) is 0 Å². The smallest absolute Gasteiger partial charge is 0.104 e. The van der Waals surface area contributed by atoms with Crippen molar-refractivity contribution in [2.75, 3.05) is 19.8 Å². The van der Waals surface area contributed by atoms with Crippen LogP contribution in [0.2, 0.25) is 0 Å². The van der Waals surface area contributed by atoms with Gasteiger partial charge >= 0.3 is 0 Å². The Morgan fingerprint density at radius 2 is 2.19 bits per heavy atom. The summed E-state index contributed by atoms with van der Waals surface area (Å²) in [7, 11) is 0. The zero-order valence-corrected chi connectivity index (χ0v) is 9.90. The molecule has 2 rings (SSSR count). The Bertz CT molecular complexity index is 361. The van der Waals surface area contributed by atoms with E-state index in [1.807, 2.05) is 0 Å². The molecule has 1 atom stereocenters. The van der Waals surface area contributed by atoms with Gasteiger partial charge in [0, 0.05) is 0 Å². The molecule has 0 saturated carbocycles. The van der Waals surface area contributed by atoms with E-state index in [-0.39, 0.29) is 12.1 Å². The Kier molecular flexibility index (Phi) is 3.59. The molecule has 16 heavy (non-hydrogen) atoms. The number of benzene rings is 1. The highest BCUT2D eigenvalue weighted by molar-refractivity contribution is 5.32. The molecule has 0 bridgehead atoms. The molecule has 0 aromatic heterocycles. The van der Waals surface area contributed by atoms with Gasteiger partial charge in [-0.25, -0.2) is 0 Å². The topological polar surface area (TPSA) is 44.5 Å². The van der Waals surface area contributed by atoms with Crippen molar-refractivity contribution in [3.8, 4) is 0 Å². The predicted molar refractivity (Wildman–Crippen MR) is 63.4 cm³/mol. The number of nitrogens with two attached hydrogens (primary N) is 1. The summed E-state index contributed by atoms with van der Waals surface area (Å²) in [4.78, 5) is 0. The van der Waals surface area contributed by atoms with Gasteiger partial charge in [0.25, 0.3) is 0 Å². The van der Waals surface area contributed by atoms with Crippen LogP contribution < -0.4 is 5.73 Å². The Morgan fingerprint density at radius 3 is 2.75 bits per heavy atom. The third-order valence-electron chi connectivity index (χ3n) is 2.94. The Labute approximate surface area is 96.5 Å². The van der Waals surface area contributed by atoms with Gasteiger partial charge in [-0.2, -0.15) is 0 Å². The van der Waals surface area contributed by atoms with Crippen LogP contribution in [0.25, 0.3) is 0 Å². The number of hydrogen-bond acceptors (Lipinski definition) is 3. The van der Waals surface area contributed by atoms with Gasteiger partial charge in [-0.1, -0.05) is 23.8 Å². The predicted octanol–water partition coefficient (Wildman–Crippen LogP) is 1.72. The standard InChI is InChI=1S/C13H19NO2/c1-9-3-4-12(10(2)5-9)13(14)8-16-11-6-15-7-11/h3-5,11,13H,6-8,14H2,1-2H3. The van der Waals surface area contributed by atoms with Gasteiger partial charge in [-0.3, -0.25) is 0 Å². The fourth-order valence-corrected chi connectivity index (χ4v) is 1.88. The van der Waals surface area contributed by atoms with Gasteiger partial charge < -0.3 is 15.2 Å². The average molecular weight is 221 g/mol. The van der Waals surface area contributed by atoms with E-state index in [0.29, 0.717) is 19.8 Å². The minimum absolute atomic E-state index is 0.0406. The largest absolute Gasteiger partial charge is 0.376 e. The Morgan fingerprint density at radius 1 is 1.44 bits per heavy atom. The summed E-state index contributed by atoms with van der Waals surface area (Å²) in [5, 5.41) is 0. The van der Waals surface area contributed by atoms with Gasteiger partial charge in [-0.05, 0) is 25.0 Å². The van der Waals surface area contributed by atoms with E-state index in [0.717, 1.165) is 0 Å². The van der Waals surface area contributed by atoms with Crippen molar-refractivity contribution < 1.29 is 9.47 Å². The van der Waals surface area contributed by atoms with E-state index in [4.69, 9.17) is 15.2 Å². The van der Waals surface area contributed by atoms with Crippen molar-refractivity contribution in [3.05, 3.63) is 34.9 Å². The van der Waals surface area contributed by atoms with Crippen molar-refractivity contribution in [2.24, 2.45) is 5.73 Å². The minimum Gasteiger partial charge on any atom is -0.376 e. The molecule has 1 unspecified atom stereocenters. The zero-order chi connectivity index (χ0) is 11.5. The monoisotopic (exact) mass is 221 g/mol. The molecule has 1 heterocycles. The van der Waals surface area contributed by atoms with Crippen molar-refractivity contribution in [1.82, 2.24) is 0 Å². The number of aryl methyl sites for hydroxylation is 2. The summed E-state index contributed by atoms with van der Waals surface area (Å²) in [6.45, 7) is 6.16. The van der Waals surface area contributed by atoms with Crippen LogP contribution in [0.3, 0.4) is 0 Å². The first kappa shape index (κ1) is 11.6. The maximum atomic E-state index is 6.11. The van der Waals surface area contributed by atoms with Crippen LogP contribution in [0, 0.1) is 13.8 Å². The van der Waals surface area contributed by atoms with E-state index in [1.165, 1.54) is 16.7 Å². The third kappa shape index (κ3) is 2.61. The molecule has 1 aromatic carbocycles. The van der Waals surface area contributed by atoms with Gasteiger partial charge in [0.2, 0.25) is 0 Å². The summed E-state index contributed by atoms with van der Waals surface area (Å²) in [5.41, 5.74) is 9.78. The van der Waals surface area contributed by atoms with Crippen LogP contribution in [-0.2, 0) is 9.47 Å². The summed E-state index contributed by atoms with van der Waals surface area (Å²) >= 11 is 0. The van der Waals surface area contributed by atoms with Crippen LogP contribution in [0.5, 0.6) is 0 Å². The molecule has 3 nitrogen and oxygen atoms in total. The lowest BCUT2D eigenvalue weighted by Crippen LogP contribution is -2.37.